The van der Waals surface area contributed by atoms with Crippen LogP contribution >= 0.6 is 0 Å². The number of benzene rings is 1. The summed E-state index contributed by atoms with van der Waals surface area (Å²) in [6, 6.07) is 3.12. The smallest absolute Gasteiger partial charge is 0.165 e. The quantitative estimate of drug-likeness (QED) is 0.813. The molecule has 2 rings (SSSR count). The number of phenols is 1. The first kappa shape index (κ1) is 15.0. The monoisotopic (exact) mass is 278 g/mol. The third kappa shape index (κ3) is 3.19. The molecule has 1 aromatic carbocycles. The van der Waals surface area contributed by atoms with E-state index in [1.165, 1.54) is 6.07 Å². The van der Waals surface area contributed by atoms with Crippen LogP contribution in [0.1, 0.15) is 30.0 Å². The van der Waals surface area contributed by atoms with E-state index in [-0.39, 0.29) is 11.8 Å². The van der Waals surface area contributed by atoms with Gasteiger partial charge in [0.05, 0.1) is 0 Å². The molecule has 1 aromatic rings. The summed E-state index contributed by atoms with van der Waals surface area (Å²) in [5.74, 6) is -0.734. The van der Waals surface area contributed by atoms with Gasteiger partial charge in [-0.2, -0.15) is 0 Å². The fourth-order valence-corrected chi connectivity index (χ4v) is 2.88. The Morgan fingerprint density at radius 3 is 2.80 bits per heavy atom. The van der Waals surface area contributed by atoms with E-state index in [0.717, 1.165) is 50.1 Å². The van der Waals surface area contributed by atoms with Gasteiger partial charge in [-0.3, -0.25) is 4.90 Å². The molecule has 3 nitrogen and oxygen atoms in total. The average molecular weight is 278 g/mol. The van der Waals surface area contributed by atoms with Crippen LogP contribution in [0.2, 0.25) is 0 Å². The molecule has 20 heavy (non-hydrogen) atoms. The van der Waals surface area contributed by atoms with E-state index in [0.29, 0.717) is 0 Å². The Hall–Kier alpha value is -1.39. The molecule has 0 unspecified atom stereocenters. The lowest BCUT2D eigenvalue weighted by atomic mass is 9.94. The maximum Gasteiger partial charge on any atom is 0.165 e. The summed E-state index contributed by atoms with van der Waals surface area (Å²) in [6.07, 6.45) is 3.58. The Labute approximate surface area is 120 Å². The van der Waals surface area contributed by atoms with E-state index in [1.807, 2.05) is 13.0 Å². The number of piperazine rings is 1. The fraction of sp³-hybridized carbons (Fsp3) is 0.500. The summed E-state index contributed by atoms with van der Waals surface area (Å²) in [4.78, 5) is 2.32. The van der Waals surface area contributed by atoms with Gasteiger partial charge in [0.15, 0.2) is 11.6 Å². The summed E-state index contributed by atoms with van der Waals surface area (Å²) >= 11 is 0. The van der Waals surface area contributed by atoms with E-state index < -0.39 is 5.82 Å². The fourth-order valence-electron chi connectivity index (χ4n) is 2.88. The number of phenolic OH excluding ortho intramolecular Hbond substituents is 1. The van der Waals surface area contributed by atoms with Crippen molar-refractivity contribution in [2.45, 2.75) is 25.8 Å². The van der Waals surface area contributed by atoms with Crippen LogP contribution in [-0.2, 0) is 0 Å². The second-order valence-corrected chi connectivity index (χ2v) is 5.29. The zero-order valence-electron chi connectivity index (χ0n) is 12.0. The molecule has 1 aliphatic rings. The molecule has 1 atom stereocenters. The van der Waals surface area contributed by atoms with Crippen molar-refractivity contribution in [2.24, 2.45) is 0 Å². The highest BCUT2D eigenvalue weighted by Crippen LogP contribution is 2.36. The average Bonchev–Trinajstić information content (AvgIpc) is 2.47. The second kappa shape index (κ2) is 6.86. The maximum absolute atomic E-state index is 13.7. The Bertz CT molecular complexity index is 470. The Balaban J connectivity index is 2.34. The second-order valence-electron chi connectivity index (χ2n) is 5.29. The van der Waals surface area contributed by atoms with Gasteiger partial charge >= 0.3 is 0 Å². The zero-order valence-corrected chi connectivity index (χ0v) is 12.0. The van der Waals surface area contributed by atoms with Gasteiger partial charge in [-0.1, -0.05) is 12.1 Å². The zero-order chi connectivity index (χ0) is 14.5. The lowest BCUT2D eigenvalue weighted by molar-refractivity contribution is 0.162. The van der Waals surface area contributed by atoms with Crippen molar-refractivity contribution in [1.82, 2.24) is 10.2 Å². The molecule has 0 aromatic heterocycles. The number of rotatable bonds is 5. The molecule has 0 saturated carbocycles. The van der Waals surface area contributed by atoms with Gasteiger partial charge in [-0.15, -0.1) is 6.58 Å². The lowest BCUT2D eigenvalue weighted by Gasteiger charge is -2.36. The molecule has 0 radical (unpaired) electrons. The van der Waals surface area contributed by atoms with Crippen molar-refractivity contribution in [1.29, 1.82) is 0 Å². The number of nitrogens with zero attached hydrogens (tertiary/aromatic N) is 1. The predicted molar refractivity (Wildman–Crippen MR) is 79.4 cm³/mol. The molecule has 1 aliphatic heterocycles. The van der Waals surface area contributed by atoms with E-state index in [2.05, 4.69) is 16.8 Å². The highest BCUT2D eigenvalue weighted by atomic mass is 19.1. The first-order valence-electron chi connectivity index (χ1n) is 7.18. The molecular weight excluding hydrogens is 255 g/mol. The van der Waals surface area contributed by atoms with Crippen LogP contribution in [0, 0.1) is 12.7 Å². The van der Waals surface area contributed by atoms with Crippen molar-refractivity contribution in [2.75, 3.05) is 26.2 Å². The molecule has 0 aliphatic carbocycles. The minimum Gasteiger partial charge on any atom is -0.505 e. The molecule has 110 valence electrons. The van der Waals surface area contributed by atoms with Crippen LogP contribution in [0.3, 0.4) is 0 Å². The van der Waals surface area contributed by atoms with Crippen LogP contribution < -0.4 is 5.32 Å². The number of halogens is 1. The van der Waals surface area contributed by atoms with Gasteiger partial charge in [0, 0.05) is 37.8 Å². The van der Waals surface area contributed by atoms with Gasteiger partial charge in [0.1, 0.15) is 0 Å². The summed E-state index contributed by atoms with van der Waals surface area (Å²) in [7, 11) is 0. The van der Waals surface area contributed by atoms with Gasteiger partial charge in [0.2, 0.25) is 0 Å². The molecule has 4 heteroatoms. The Kier molecular flexibility index (Phi) is 5.15. The number of nitrogens with one attached hydrogen (secondary N) is 1. The van der Waals surface area contributed by atoms with Crippen LogP contribution in [0.25, 0.3) is 0 Å². The van der Waals surface area contributed by atoms with Crippen molar-refractivity contribution in [3.8, 4) is 5.75 Å². The molecule has 0 spiro atoms. The Morgan fingerprint density at radius 1 is 1.45 bits per heavy atom. The van der Waals surface area contributed by atoms with Crippen LogP contribution in [0.15, 0.2) is 24.8 Å². The Morgan fingerprint density at radius 2 is 2.15 bits per heavy atom. The predicted octanol–water partition coefficient (Wildman–Crippen LogP) is 2.75. The molecule has 0 bridgehead atoms. The maximum atomic E-state index is 13.7. The first-order valence-corrected chi connectivity index (χ1v) is 7.18. The van der Waals surface area contributed by atoms with Crippen LogP contribution in [0.4, 0.5) is 4.39 Å². The van der Waals surface area contributed by atoms with Gasteiger partial charge in [-0.25, -0.2) is 4.39 Å². The largest absolute Gasteiger partial charge is 0.505 e. The summed E-state index contributed by atoms with van der Waals surface area (Å²) in [5, 5.41) is 13.5. The standard InChI is InChI=1S/C16H23FN2O/c1-3-4-5-14(19-10-8-18-9-11-19)15-12(2)6-7-13(17)16(15)20/h3,6-7,14,18,20H,1,4-5,8-11H2,2H3/t14-/m1/s1. The summed E-state index contributed by atoms with van der Waals surface area (Å²) in [6.45, 7) is 9.38. The number of hydrogen-bond donors (Lipinski definition) is 2. The van der Waals surface area contributed by atoms with E-state index in [4.69, 9.17) is 0 Å². The molecule has 1 fully saturated rings. The number of allylic oxidation sites excluding steroid dienone is 1. The highest BCUT2D eigenvalue weighted by molar-refractivity contribution is 5.42. The van der Waals surface area contributed by atoms with Crippen LogP contribution in [0.5, 0.6) is 5.75 Å². The minimum absolute atomic E-state index is 0.0470. The van der Waals surface area contributed by atoms with Gasteiger partial charge in [-0.05, 0) is 31.4 Å². The van der Waals surface area contributed by atoms with E-state index in [9.17, 15) is 9.50 Å². The molecule has 0 amide bonds. The van der Waals surface area contributed by atoms with Crippen molar-refractivity contribution >= 4 is 0 Å². The third-order valence-corrected chi connectivity index (χ3v) is 3.96. The normalized spacial score (nSPS) is 17.9. The first-order chi connectivity index (χ1) is 9.65. The number of aryl methyl sites for hydroxylation is 1. The van der Waals surface area contributed by atoms with Gasteiger partial charge in [0.25, 0.3) is 0 Å². The minimum atomic E-state index is -0.538. The lowest BCUT2D eigenvalue weighted by Crippen LogP contribution is -2.45. The molecule has 2 N–H and O–H groups in total. The summed E-state index contributed by atoms with van der Waals surface area (Å²) in [5.41, 5.74) is 1.67. The molecule has 1 heterocycles. The summed E-state index contributed by atoms with van der Waals surface area (Å²) < 4.78 is 13.7. The molecular formula is C16H23FN2O. The number of aromatic hydroxyl groups is 1. The highest BCUT2D eigenvalue weighted by Gasteiger charge is 2.26. The SMILES string of the molecule is C=CCC[C@H](c1c(C)ccc(F)c1O)N1CCNCC1. The van der Waals surface area contributed by atoms with Crippen molar-refractivity contribution in [3.05, 3.63) is 41.7 Å². The van der Waals surface area contributed by atoms with E-state index >= 15 is 0 Å². The van der Waals surface area contributed by atoms with Crippen LogP contribution in [-0.4, -0.2) is 36.2 Å². The number of hydrogen-bond acceptors (Lipinski definition) is 3. The molecule has 1 saturated heterocycles. The topological polar surface area (TPSA) is 35.5 Å². The van der Waals surface area contributed by atoms with Crippen molar-refractivity contribution < 1.29 is 9.50 Å². The van der Waals surface area contributed by atoms with E-state index in [1.54, 1.807) is 6.07 Å². The van der Waals surface area contributed by atoms with Crippen molar-refractivity contribution in [3.63, 3.8) is 0 Å². The third-order valence-electron chi connectivity index (χ3n) is 3.96. The van der Waals surface area contributed by atoms with Gasteiger partial charge < -0.3 is 10.4 Å².